The van der Waals surface area contributed by atoms with Crippen molar-refractivity contribution in [3.05, 3.63) is 5.69 Å². The van der Waals surface area contributed by atoms with Crippen molar-refractivity contribution >= 4 is 22.4 Å². The van der Waals surface area contributed by atoms with Crippen LogP contribution in [0.1, 0.15) is 37.8 Å². The Balaban J connectivity index is 2.02. The van der Waals surface area contributed by atoms with Crippen LogP contribution < -0.4 is 11.3 Å². The van der Waals surface area contributed by atoms with Crippen molar-refractivity contribution in [1.82, 2.24) is 14.5 Å². The highest BCUT2D eigenvalue weighted by molar-refractivity contribution is 7.10. The van der Waals surface area contributed by atoms with E-state index in [-0.39, 0.29) is 5.91 Å². The molecule has 0 saturated carbocycles. The summed E-state index contributed by atoms with van der Waals surface area (Å²) in [4.78, 5) is 13.8. The van der Waals surface area contributed by atoms with E-state index >= 15 is 0 Å². The smallest absolute Gasteiger partial charge is 0.222 e. The standard InChI is InChI=1S/C10H17N5OS/c11-12-10-8(13-14-17-10)7-15-6-4-2-1-3-5-9(15)16/h12H,1-7,11H2. The highest BCUT2D eigenvalue weighted by Crippen LogP contribution is 2.20. The Morgan fingerprint density at radius 2 is 2.18 bits per heavy atom. The number of nitrogen functional groups attached to an aromatic ring is 1. The molecule has 6 nitrogen and oxygen atoms in total. The van der Waals surface area contributed by atoms with Gasteiger partial charge in [0.15, 0.2) is 0 Å². The summed E-state index contributed by atoms with van der Waals surface area (Å²) in [5.74, 6) is 5.58. The third kappa shape index (κ3) is 3.13. The van der Waals surface area contributed by atoms with Gasteiger partial charge in [0, 0.05) is 24.5 Å². The lowest BCUT2D eigenvalue weighted by molar-refractivity contribution is -0.132. The van der Waals surface area contributed by atoms with Gasteiger partial charge < -0.3 is 10.3 Å². The fourth-order valence-electron chi connectivity index (χ4n) is 1.98. The van der Waals surface area contributed by atoms with Crippen LogP contribution in [0.2, 0.25) is 0 Å². The maximum atomic E-state index is 11.9. The molecule has 2 rings (SSSR count). The molecule has 1 aromatic heterocycles. The minimum atomic E-state index is 0.209. The summed E-state index contributed by atoms with van der Waals surface area (Å²) in [5, 5.41) is 4.74. The molecule has 0 aromatic carbocycles. The Morgan fingerprint density at radius 1 is 1.35 bits per heavy atom. The number of nitrogens with two attached hydrogens (primary N) is 1. The first kappa shape index (κ1) is 12.3. The molecule has 1 aliphatic rings. The highest BCUT2D eigenvalue weighted by atomic mass is 32.1. The maximum absolute atomic E-state index is 11.9. The molecule has 1 amide bonds. The summed E-state index contributed by atoms with van der Waals surface area (Å²) in [6.07, 6.45) is 5.05. The molecule has 0 unspecified atom stereocenters. The lowest BCUT2D eigenvalue weighted by Gasteiger charge is -2.24. The molecule has 94 valence electrons. The van der Waals surface area contributed by atoms with Crippen LogP contribution >= 0.6 is 11.5 Å². The quantitative estimate of drug-likeness (QED) is 0.624. The number of nitrogens with one attached hydrogen (secondary N) is 1. The highest BCUT2D eigenvalue weighted by Gasteiger charge is 2.18. The molecule has 1 fully saturated rings. The van der Waals surface area contributed by atoms with Crippen molar-refractivity contribution in [2.75, 3.05) is 12.0 Å². The first-order valence-corrected chi connectivity index (χ1v) is 6.64. The van der Waals surface area contributed by atoms with Gasteiger partial charge in [0.25, 0.3) is 0 Å². The largest absolute Gasteiger partial charge is 0.337 e. The minimum absolute atomic E-state index is 0.209. The summed E-state index contributed by atoms with van der Waals surface area (Å²) >= 11 is 1.21. The molecule has 0 atom stereocenters. The van der Waals surface area contributed by atoms with Crippen LogP contribution in [0.3, 0.4) is 0 Å². The van der Waals surface area contributed by atoms with Crippen LogP contribution in [0.5, 0.6) is 0 Å². The van der Waals surface area contributed by atoms with Gasteiger partial charge in [-0.2, -0.15) is 0 Å². The number of carbonyl (C=O) groups is 1. The predicted molar refractivity (Wildman–Crippen MR) is 66.2 cm³/mol. The second kappa shape index (κ2) is 5.92. The van der Waals surface area contributed by atoms with Gasteiger partial charge in [-0.3, -0.25) is 4.79 Å². The van der Waals surface area contributed by atoms with E-state index in [1.54, 1.807) is 0 Å². The molecule has 1 aliphatic heterocycles. The Bertz CT molecular complexity index is 381. The van der Waals surface area contributed by atoms with Gasteiger partial charge in [-0.25, -0.2) is 5.84 Å². The molecule has 7 heteroatoms. The number of carbonyl (C=O) groups excluding carboxylic acids is 1. The van der Waals surface area contributed by atoms with Crippen LogP contribution in [-0.4, -0.2) is 26.9 Å². The molecule has 0 spiro atoms. The zero-order valence-electron chi connectivity index (χ0n) is 9.69. The lowest BCUT2D eigenvalue weighted by Crippen LogP contribution is -2.32. The number of amides is 1. The van der Waals surface area contributed by atoms with E-state index < -0.39 is 0 Å². The molecule has 0 aliphatic carbocycles. The van der Waals surface area contributed by atoms with Crippen LogP contribution in [0.15, 0.2) is 0 Å². The number of nitrogens with zero attached hydrogens (tertiary/aromatic N) is 3. The first-order valence-electron chi connectivity index (χ1n) is 5.87. The van der Waals surface area contributed by atoms with E-state index in [1.807, 2.05) is 4.90 Å². The van der Waals surface area contributed by atoms with E-state index in [0.29, 0.717) is 13.0 Å². The van der Waals surface area contributed by atoms with E-state index in [1.165, 1.54) is 18.0 Å². The van der Waals surface area contributed by atoms with Crippen molar-refractivity contribution in [2.24, 2.45) is 5.84 Å². The second-order valence-corrected chi connectivity index (χ2v) is 4.93. The number of hydrogen-bond donors (Lipinski definition) is 2. The van der Waals surface area contributed by atoms with E-state index in [9.17, 15) is 4.79 Å². The summed E-state index contributed by atoms with van der Waals surface area (Å²) in [5.41, 5.74) is 3.32. The Labute approximate surface area is 104 Å². The van der Waals surface area contributed by atoms with Crippen molar-refractivity contribution < 1.29 is 4.79 Å². The molecule has 1 aromatic rings. The summed E-state index contributed by atoms with van der Waals surface area (Å²) in [6.45, 7) is 1.31. The van der Waals surface area contributed by atoms with Crippen molar-refractivity contribution in [3.8, 4) is 0 Å². The first-order chi connectivity index (χ1) is 8.31. The Kier molecular flexibility index (Phi) is 4.27. The fourth-order valence-corrected chi connectivity index (χ4v) is 2.47. The second-order valence-electron chi connectivity index (χ2n) is 4.17. The molecule has 3 N–H and O–H groups in total. The van der Waals surface area contributed by atoms with Crippen LogP contribution in [-0.2, 0) is 11.3 Å². The van der Waals surface area contributed by atoms with Gasteiger partial charge >= 0.3 is 0 Å². The van der Waals surface area contributed by atoms with Gasteiger partial charge in [0.05, 0.1) is 6.54 Å². The number of anilines is 1. The van der Waals surface area contributed by atoms with Gasteiger partial charge in [0.1, 0.15) is 10.7 Å². The zero-order chi connectivity index (χ0) is 12.1. The van der Waals surface area contributed by atoms with E-state index in [2.05, 4.69) is 15.0 Å². The number of aromatic nitrogens is 2. The number of hydrogen-bond acceptors (Lipinski definition) is 6. The lowest BCUT2D eigenvalue weighted by atomic mass is 10.1. The molecule has 1 saturated heterocycles. The van der Waals surface area contributed by atoms with Crippen molar-refractivity contribution in [1.29, 1.82) is 0 Å². The normalized spacial score (nSPS) is 17.7. The van der Waals surface area contributed by atoms with Gasteiger partial charge in [-0.1, -0.05) is 17.3 Å². The number of rotatable bonds is 3. The average Bonchev–Trinajstić information content (AvgIpc) is 2.76. The summed E-state index contributed by atoms with van der Waals surface area (Å²) in [6, 6.07) is 0. The molecule has 0 radical (unpaired) electrons. The third-order valence-corrected chi connectivity index (χ3v) is 3.65. The predicted octanol–water partition coefficient (Wildman–Crippen LogP) is 1.12. The average molecular weight is 255 g/mol. The van der Waals surface area contributed by atoms with Gasteiger partial charge in [0.2, 0.25) is 5.91 Å². The third-order valence-electron chi connectivity index (χ3n) is 2.95. The Morgan fingerprint density at radius 3 is 3.00 bits per heavy atom. The SMILES string of the molecule is NNc1snnc1CN1CCCCCCC1=O. The minimum Gasteiger partial charge on any atom is -0.337 e. The van der Waals surface area contributed by atoms with Crippen LogP contribution in [0.4, 0.5) is 5.00 Å². The molecular formula is C10H17N5OS. The fraction of sp³-hybridized carbons (Fsp3) is 0.700. The van der Waals surface area contributed by atoms with Gasteiger partial charge in [-0.05, 0) is 12.8 Å². The summed E-state index contributed by atoms with van der Waals surface area (Å²) < 4.78 is 3.84. The number of likely N-dealkylation sites (tertiary alicyclic amines) is 1. The topological polar surface area (TPSA) is 84.1 Å². The van der Waals surface area contributed by atoms with Crippen molar-refractivity contribution in [3.63, 3.8) is 0 Å². The molecule has 17 heavy (non-hydrogen) atoms. The Hall–Kier alpha value is -1.21. The summed E-state index contributed by atoms with van der Waals surface area (Å²) in [7, 11) is 0. The van der Waals surface area contributed by atoms with Crippen LogP contribution in [0, 0.1) is 0 Å². The molecular weight excluding hydrogens is 238 g/mol. The van der Waals surface area contributed by atoms with Crippen LogP contribution in [0.25, 0.3) is 0 Å². The molecule has 2 heterocycles. The number of hydrazine groups is 1. The van der Waals surface area contributed by atoms with Crippen molar-refractivity contribution in [2.45, 2.75) is 38.6 Å². The van der Waals surface area contributed by atoms with E-state index in [0.717, 1.165) is 36.5 Å². The zero-order valence-corrected chi connectivity index (χ0v) is 10.5. The maximum Gasteiger partial charge on any atom is 0.222 e. The van der Waals surface area contributed by atoms with E-state index in [4.69, 9.17) is 5.84 Å². The molecule has 0 bridgehead atoms. The monoisotopic (exact) mass is 255 g/mol. The van der Waals surface area contributed by atoms with Gasteiger partial charge in [-0.15, -0.1) is 5.10 Å².